The lowest BCUT2D eigenvalue weighted by atomic mass is 9.76. The number of hydrogen-bond acceptors (Lipinski definition) is 1. The van der Waals surface area contributed by atoms with Crippen molar-refractivity contribution in [3.8, 4) is 0 Å². The Morgan fingerprint density at radius 2 is 2.08 bits per heavy atom. The van der Waals surface area contributed by atoms with Crippen molar-refractivity contribution < 1.29 is 8.78 Å². The van der Waals surface area contributed by atoms with Gasteiger partial charge in [0, 0.05) is 12.0 Å². The fraction of sp³-hybridized carbons (Fsp3) is 1.00. The predicted molar refractivity (Wildman–Crippen MR) is 50.0 cm³/mol. The Hall–Kier alpha value is -0.180. The molecule has 0 aromatic carbocycles. The van der Waals surface area contributed by atoms with E-state index in [1.165, 1.54) is 0 Å². The quantitative estimate of drug-likeness (QED) is 0.723. The van der Waals surface area contributed by atoms with Crippen LogP contribution in [-0.4, -0.2) is 19.5 Å². The molecule has 0 spiro atoms. The second kappa shape index (κ2) is 4.89. The zero-order valence-corrected chi connectivity index (χ0v) is 8.39. The number of alkyl halides is 2. The molecule has 0 aliphatic heterocycles. The minimum absolute atomic E-state index is 0.240. The Morgan fingerprint density at radius 3 is 2.54 bits per heavy atom. The van der Waals surface area contributed by atoms with E-state index in [-0.39, 0.29) is 11.8 Å². The molecule has 0 saturated heterocycles. The fourth-order valence-corrected chi connectivity index (χ4v) is 2.35. The van der Waals surface area contributed by atoms with E-state index in [9.17, 15) is 8.78 Å². The van der Waals surface area contributed by atoms with Crippen molar-refractivity contribution in [2.75, 3.05) is 7.05 Å². The van der Waals surface area contributed by atoms with Gasteiger partial charge in [-0.3, -0.25) is 0 Å². The second-order valence-corrected chi connectivity index (χ2v) is 3.97. The van der Waals surface area contributed by atoms with Gasteiger partial charge in [0.05, 0.1) is 0 Å². The highest BCUT2D eigenvalue weighted by atomic mass is 19.3. The molecular formula is C10H19F2N. The van der Waals surface area contributed by atoms with Crippen LogP contribution in [0.25, 0.3) is 0 Å². The van der Waals surface area contributed by atoms with Crippen LogP contribution in [0.2, 0.25) is 0 Å². The molecule has 1 fully saturated rings. The zero-order valence-electron chi connectivity index (χ0n) is 8.39. The summed E-state index contributed by atoms with van der Waals surface area (Å²) in [5, 5.41) is 3.10. The Kier molecular flexibility index (Phi) is 4.10. The molecule has 0 radical (unpaired) electrons. The molecule has 13 heavy (non-hydrogen) atoms. The Labute approximate surface area is 78.9 Å². The minimum Gasteiger partial charge on any atom is -0.317 e. The molecule has 1 nitrogen and oxygen atoms in total. The summed E-state index contributed by atoms with van der Waals surface area (Å²) in [6.07, 6.45) is 1.41. The Balaban J connectivity index is 2.52. The van der Waals surface area contributed by atoms with Gasteiger partial charge >= 0.3 is 0 Å². The van der Waals surface area contributed by atoms with Crippen LogP contribution in [-0.2, 0) is 0 Å². The lowest BCUT2D eigenvalue weighted by molar-refractivity contribution is 0.0120. The van der Waals surface area contributed by atoms with E-state index in [4.69, 9.17) is 0 Å². The van der Waals surface area contributed by atoms with E-state index in [1.807, 2.05) is 14.0 Å². The predicted octanol–water partition coefficient (Wildman–Crippen LogP) is 2.67. The lowest BCUT2D eigenvalue weighted by Crippen LogP contribution is -2.38. The van der Waals surface area contributed by atoms with Crippen LogP contribution >= 0.6 is 0 Å². The fourth-order valence-electron chi connectivity index (χ4n) is 2.35. The summed E-state index contributed by atoms with van der Waals surface area (Å²) in [6.45, 7) is 2.01. The van der Waals surface area contributed by atoms with Crippen molar-refractivity contribution in [2.45, 2.75) is 45.1 Å². The summed E-state index contributed by atoms with van der Waals surface area (Å²) in [4.78, 5) is 0. The molecule has 0 aromatic rings. The van der Waals surface area contributed by atoms with E-state index in [2.05, 4.69) is 5.32 Å². The molecule has 1 saturated carbocycles. The monoisotopic (exact) mass is 191 g/mol. The van der Waals surface area contributed by atoms with Crippen LogP contribution in [0.5, 0.6) is 0 Å². The zero-order chi connectivity index (χ0) is 9.84. The molecule has 0 aromatic heterocycles. The van der Waals surface area contributed by atoms with Gasteiger partial charge in [-0.15, -0.1) is 0 Å². The largest absolute Gasteiger partial charge is 0.317 e. The van der Waals surface area contributed by atoms with Gasteiger partial charge in [-0.1, -0.05) is 13.3 Å². The van der Waals surface area contributed by atoms with E-state index in [0.717, 1.165) is 19.3 Å². The Bertz CT molecular complexity index is 150. The van der Waals surface area contributed by atoms with Gasteiger partial charge in [-0.05, 0) is 32.2 Å². The molecule has 1 aliphatic carbocycles. The summed E-state index contributed by atoms with van der Waals surface area (Å²) >= 11 is 0. The van der Waals surface area contributed by atoms with E-state index >= 15 is 0 Å². The molecule has 1 N–H and O–H groups in total. The van der Waals surface area contributed by atoms with Gasteiger partial charge in [0.2, 0.25) is 6.43 Å². The van der Waals surface area contributed by atoms with Crippen LogP contribution in [0, 0.1) is 11.8 Å². The number of halogens is 2. The SMILES string of the molecule is CCC1CCC(NC)CC1C(F)F. The summed E-state index contributed by atoms with van der Waals surface area (Å²) in [5.74, 6) is -0.138. The number of hydrogen-bond donors (Lipinski definition) is 1. The van der Waals surface area contributed by atoms with Gasteiger partial charge in [0.1, 0.15) is 0 Å². The molecule has 0 bridgehead atoms. The van der Waals surface area contributed by atoms with Crippen molar-refractivity contribution in [3.63, 3.8) is 0 Å². The van der Waals surface area contributed by atoms with Gasteiger partial charge in [0.15, 0.2) is 0 Å². The maximum atomic E-state index is 12.6. The van der Waals surface area contributed by atoms with Gasteiger partial charge in [-0.2, -0.15) is 0 Å². The molecule has 3 unspecified atom stereocenters. The van der Waals surface area contributed by atoms with Crippen LogP contribution in [0.1, 0.15) is 32.6 Å². The highest BCUT2D eigenvalue weighted by Crippen LogP contribution is 2.36. The third-order valence-electron chi connectivity index (χ3n) is 3.30. The van der Waals surface area contributed by atoms with E-state index in [1.54, 1.807) is 0 Å². The van der Waals surface area contributed by atoms with E-state index < -0.39 is 6.43 Å². The highest BCUT2D eigenvalue weighted by molar-refractivity contribution is 4.83. The van der Waals surface area contributed by atoms with Gasteiger partial charge in [0.25, 0.3) is 0 Å². The summed E-state index contributed by atoms with van der Waals surface area (Å²) in [6, 6.07) is 0.307. The van der Waals surface area contributed by atoms with Crippen molar-refractivity contribution in [3.05, 3.63) is 0 Å². The van der Waals surface area contributed by atoms with Gasteiger partial charge < -0.3 is 5.32 Å². The molecular weight excluding hydrogens is 172 g/mol. The number of rotatable bonds is 3. The highest BCUT2D eigenvalue weighted by Gasteiger charge is 2.34. The maximum Gasteiger partial charge on any atom is 0.241 e. The van der Waals surface area contributed by atoms with Gasteiger partial charge in [-0.25, -0.2) is 8.78 Å². The summed E-state index contributed by atoms with van der Waals surface area (Å²) < 4.78 is 25.3. The minimum atomic E-state index is -2.14. The molecule has 3 atom stereocenters. The lowest BCUT2D eigenvalue weighted by Gasteiger charge is -2.35. The standard InChI is InChI=1S/C10H19F2N/c1-3-7-4-5-8(13-2)6-9(7)10(11)12/h7-10,13H,3-6H2,1-2H3. The molecule has 1 rings (SSSR count). The van der Waals surface area contributed by atoms with Crippen molar-refractivity contribution in [1.82, 2.24) is 5.32 Å². The first kappa shape index (κ1) is 10.9. The molecule has 1 aliphatic rings. The van der Waals surface area contributed by atoms with E-state index in [0.29, 0.717) is 12.5 Å². The molecule has 78 valence electrons. The number of nitrogens with one attached hydrogen (secondary N) is 1. The van der Waals surface area contributed by atoms with Crippen LogP contribution in [0.4, 0.5) is 8.78 Å². The first-order valence-electron chi connectivity index (χ1n) is 5.14. The van der Waals surface area contributed by atoms with Crippen LogP contribution < -0.4 is 5.32 Å². The average Bonchev–Trinajstić information content (AvgIpc) is 2.16. The average molecular weight is 191 g/mol. The topological polar surface area (TPSA) is 12.0 Å². The summed E-state index contributed by atoms with van der Waals surface area (Å²) in [5.41, 5.74) is 0. The summed E-state index contributed by atoms with van der Waals surface area (Å²) in [7, 11) is 1.86. The molecule has 0 amide bonds. The normalized spacial score (nSPS) is 35.3. The third kappa shape index (κ3) is 2.63. The first-order chi connectivity index (χ1) is 6.19. The molecule has 3 heteroatoms. The van der Waals surface area contributed by atoms with Crippen molar-refractivity contribution >= 4 is 0 Å². The van der Waals surface area contributed by atoms with Crippen LogP contribution in [0.3, 0.4) is 0 Å². The smallest absolute Gasteiger partial charge is 0.241 e. The first-order valence-corrected chi connectivity index (χ1v) is 5.14. The third-order valence-corrected chi connectivity index (χ3v) is 3.30. The van der Waals surface area contributed by atoms with Crippen LogP contribution in [0.15, 0.2) is 0 Å². The second-order valence-electron chi connectivity index (χ2n) is 3.97. The Morgan fingerprint density at radius 1 is 1.38 bits per heavy atom. The van der Waals surface area contributed by atoms with Crippen molar-refractivity contribution in [2.24, 2.45) is 11.8 Å². The maximum absolute atomic E-state index is 12.6. The van der Waals surface area contributed by atoms with Crippen molar-refractivity contribution in [1.29, 1.82) is 0 Å². The molecule has 0 heterocycles.